The van der Waals surface area contributed by atoms with Gasteiger partial charge in [-0.25, -0.2) is 4.90 Å². The Morgan fingerprint density at radius 3 is 2.24 bits per heavy atom. The summed E-state index contributed by atoms with van der Waals surface area (Å²) in [6.45, 7) is 7.51. The molecule has 9 rings (SSSR count). The number of allylic oxidation sites excluding steroid dienone is 2. The van der Waals surface area contributed by atoms with Gasteiger partial charge in [-0.05, 0) is 117 Å². The molecule has 6 atom stereocenters. The highest BCUT2D eigenvalue weighted by molar-refractivity contribution is 7.22. The average Bonchev–Trinajstić information content (AvgIpc) is 3.81. The first-order chi connectivity index (χ1) is 25.7. The lowest BCUT2D eigenvalue weighted by Crippen LogP contribution is -2.49. The van der Waals surface area contributed by atoms with Crippen LogP contribution in [0.15, 0.2) is 72.3 Å². The van der Waals surface area contributed by atoms with Crippen molar-refractivity contribution in [3.63, 3.8) is 0 Å². The minimum Gasteiger partial charge on any atom is -0.507 e. The fourth-order valence-corrected chi connectivity index (χ4v) is 11.3. The van der Waals surface area contributed by atoms with Crippen LogP contribution in [0.5, 0.6) is 5.75 Å². The lowest BCUT2D eigenvalue weighted by Gasteiger charge is -2.49. The summed E-state index contributed by atoms with van der Waals surface area (Å²) < 4.78 is 2.63. The molecule has 4 heterocycles. The molecule has 2 saturated heterocycles. The van der Waals surface area contributed by atoms with Crippen LogP contribution >= 0.6 is 34.5 Å². The molecule has 54 heavy (non-hydrogen) atoms. The summed E-state index contributed by atoms with van der Waals surface area (Å²) in [6, 6.07) is 18.0. The molecule has 12 heteroatoms. The number of benzene rings is 3. The molecule has 0 unspecified atom stereocenters. The molecule has 1 saturated carbocycles. The van der Waals surface area contributed by atoms with Crippen molar-refractivity contribution < 1.29 is 24.3 Å². The summed E-state index contributed by atoms with van der Waals surface area (Å²) in [5.41, 5.74) is 3.82. The second kappa shape index (κ2) is 12.1. The normalized spacial score (nSPS) is 26.4. The standard InChI is InChI=1S/C42H36Cl2N4O5S/c1-19-14-22(15-20(2)36(19)49)35-26-11-12-27-34(40(52)47(38(27)50)25-9-6-23(43)7-10-25)29(26)17-30-39(51)48(41(53)42(30,35)4)33-18-31(45-46(33)5)37-21(3)28-16-24(44)8-13-32(28)54-37/h6-11,13-16,18,27,29-30,34-35,49H,12,17H2,1-5H3/t27-,29+,30-,34-,35-,42+/m0/s1. The van der Waals surface area contributed by atoms with Gasteiger partial charge >= 0.3 is 0 Å². The van der Waals surface area contributed by atoms with Gasteiger partial charge in [-0.3, -0.25) is 28.8 Å². The number of imide groups is 2. The molecule has 4 amide bonds. The van der Waals surface area contributed by atoms with E-state index < -0.39 is 35.0 Å². The monoisotopic (exact) mass is 778 g/mol. The third-order valence-corrected chi connectivity index (χ3v) is 14.2. The van der Waals surface area contributed by atoms with Gasteiger partial charge in [-0.2, -0.15) is 5.10 Å². The third-order valence-electron chi connectivity index (χ3n) is 12.4. The average molecular weight is 780 g/mol. The van der Waals surface area contributed by atoms with E-state index in [1.54, 1.807) is 53.4 Å². The number of thiophene rings is 1. The maximum absolute atomic E-state index is 15.2. The van der Waals surface area contributed by atoms with E-state index in [4.69, 9.17) is 28.3 Å². The number of hydrogen-bond acceptors (Lipinski definition) is 7. The molecule has 0 bridgehead atoms. The van der Waals surface area contributed by atoms with Crippen LogP contribution < -0.4 is 9.80 Å². The predicted molar refractivity (Wildman–Crippen MR) is 210 cm³/mol. The highest BCUT2D eigenvalue weighted by Gasteiger charge is 2.68. The van der Waals surface area contributed by atoms with Crippen LogP contribution in [0.25, 0.3) is 20.7 Å². The first-order valence-electron chi connectivity index (χ1n) is 18.0. The van der Waals surface area contributed by atoms with Gasteiger partial charge in [0.1, 0.15) is 17.3 Å². The Labute approximate surface area is 325 Å². The number of hydrogen-bond donors (Lipinski definition) is 1. The Hall–Kier alpha value is -4.77. The predicted octanol–water partition coefficient (Wildman–Crippen LogP) is 8.67. The molecule has 274 valence electrons. The molecule has 3 fully saturated rings. The van der Waals surface area contributed by atoms with Gasteiger partial charge in [0.25, 0.3) is 0 Å². The fraction of sp³-hybridized carbons (Fsp3) is 0.310. The quantitative estimate of drug-likeness (QED) is 0.144. The van der Waals surface area contributed by atoms with Crippen LogP contribution in [-0.4, -0.2) is 38.5 Å². The van der Waals surface area contributed by atoms with E-state index in [1.807, 2.05) is 64.1 Å². The molecule has 9 nitrogen and oxygen atoms in total. The zero-order valence-electron chi connectivity index (χ0n) is 30.2. The topological polar surface area (TPSA) is 113 Å². The van der Waals surface area contributed by atoms with Crippen molar-refractivity contribution in [1.29, 1.82) is 0 Å². The number of phenolic OH excluding ortho intramolecular Hbond substituents is 1. The number of phenols is 1. The zero-order valence-corrected chi connectivity index (χ0v) is 32.5. The van der Waals surface area contributed by atoms with Gasteiger partial charge in [0.15, 0.2) is 0 Å². The molecule has 4 aliphatic rings. The molecule has 1 N–H and O–H groups in total. The molecule has 0 radical (unpaired) electrons. The molecular formula is C42H36Cl2N4O5S. The van der Waals surface area contributed by atoms with E-state index in [-0.39, 0.29) is 35.8 Å². The summed E-state index contributed by atoms with van der Waals surface area (Å²) >= 11 is 14.0. The lowest BCUT2D eigenvalue weighted by molar-refractivity contribution is -0.131. The van der Waals surface area contributed by atoms with Crippen LogP contribution in [0.4, 0.5) is 11.5 Å². The van der Waals surface area contributed by atoms with Crippen molar-refractivity contribution in [3.8, 4) is 16.3 Å². The zero-order chi connectivity index (χ0) is 38.1. The second-order valence-electron chi connectivity index (χ2n) is 15.4. The molecular weight excluding hydrogens is 743 g/mol. The molecule has 2 aromatic heterocycles. The molecule has 2 aliphatic carbocycles. The number of aromatic hydroxyl groups is 1. The largest absolute Gasteiger partial charge is 0.507 e. The third kappa shape index (κ3) is 4.79. The van der Waals surface area contributed by atoms with Crippen LogP contribution in [0.3, 0.4) is 0 Å². The summed E-state index contributed by atoms with van der Waals surface area (Å²) in [5.74, 6) is -3.95. The van der Waals surface area contributed by atoms with Crippen LogP contribution in [0, 0.1) is 49.9 Å². The Kier molecular flexibility index (Phi) is 7.85. The molecule has 3 aromatic carbocycles. The van der Waals surface area contributed by atoms with E-state index >= 15 is 4.79 Å². The number of carbonyl (C=O) groups excluding carboxylic acids is 4. The Balaban J connectivity index is 1.16. The maximum atomic E-state index is 15.2. The number of aryl methyl sites for hydroxylation is 4. The Bertz CT molecular complexity index is 2520. The summed E-state index contributed by atoms with van der Waals surface area (Å²) in [7, 11) is 1.73. The number of nitrogens with zero attached hydrogens (tertiary/aromatic N) is 4. The van der Waals surface area contributed by atoms with Gasteiger partial charge in [0.2, 0.25) is 23.6 Å². The summed E-state index contributed by atoms with van der Waals surface area (Å²) in [6.07, 6.45) is 2.59. The SMILES string of the molecule is Cc1cc([C@H]2C3=CC[C@@H]4C(=O)N(c5ccc(Cl)cc5)C(=O)[C@@H]4[C@@H]3C[C@H]3C(=O)N(c4cc(-c5sc6ccc(Cl)cc6c5C)nn4C)C(=O)[C@@]23C)cc(C)c1O. The number of anilines is 2. The number of carbonyl (C=O) groups is 4. The van der Waals surface area contributed by atoms with Crippen molar-refractivity contribution in [1.82, 2.24) is 9.78 Å². The van der Waals surface area contributed by atoms with E-state index in [0.29, 0.717) is 44.8 Å². The first kappa shape index (κ1) is 35.0. The lowest BCUT2D eigenvalue weighted by atomic mass is 9.51. The maximum Gasteiger partial charge on any atom is 0.242 e. The Morgan fingerprint density at radius 1 is 0.852 bits per heavy atom. The van der Waals surface area contributed by atoms with Crippen molar-refractivity contribution in [2.24, 2.45) is 36.1 Å². The smallest absolute Gasteiger partial charge is 0.242 e. The van der Waals surface area contributed by atoms with Gasteiger partial charge in [0.05, 0.1) is 33.7 Å². The molecule has 0 spiro atoms. The second-order valence-corrected chi connectivity index (χ2v) is 17.3. The highest BCUT2D eigenvalue weighted by Crippen LogP contribution is 2.64. The van der Waals surface area contributed by atoms with Gasteiger partial charge < -0.3 is 5.11 Å². The number of aromatic nitrogens is 2. The molecule has 5 aromatic rings. The van der Waals surface area contributed by atoms with E-state index in [1.165, 1.54) is 9.80 Å². The first-order valence-corrected chi connectivity index (χ1v) is 19.5. The van der Waals surface area contributed by atoms with Crippen molar-refractivity contribution >= 4 is 79.8 Å². The van der Waals surface area contributed by atoms with Gasteiger partial charge in [-0.15, -0.1) is 11.3 Å². The van der Waals surface area contributed by atoms with Gasteiger partial charge in [-0.1, -0.05) is 47.0 Å². The number of rotatable bonds is 4. The van der Waals surface area contributed by atoms with Gasteiger partial charge in [0, 0.05) is 33.8 Å². The van der Waals surface area contributed by atoms with E-state index in [0.717, 1.165) is 31.7 Å². The number of fused-ring (bicyclic) bond motifs is 5. The van der Waals surface area contributed by atoms with E-state index in [2.05, 4.69) is 0 Å². The Morgan fingerprint density at radius 2 is 1.54 bits per heavy atom. The fourth-order valence-electron chi connectivity index (χ4n) is 9.83. The van der Waals surface area contributed by atoms with E-state index in [9.17, 15) is 19.5 Å². The number of amides is 4. The van der Waals surface area contributed by atoms with Crippen molar-refractivity contribution in [2.45, 2.75) is 46.5 Å². The minimum absolute atomic E-state index is 0.164. The molecule has 2 aliphatic heterocycles. The van der Waals surface area contributed by atoms with Crippen molar-refractivity contribution in [2.75, 3.05) is 9.80 Å². The van der Waals surface area contributed by atoms with Crippen LogP contribution in [0.2, 0.25) is 10.0 Å². The highest BCUT2D eigenvalue weighted by atomic mass is 35.5. The number of halogens is 2. The summed E-state index contributed by atoms with van der Waals surface area (Å²) in [5, 5.41) is 17.8. The van der Waals surface area contributed by atoms with Crippen LogP contribution in [0.1, 0.15) is 47.9 Å². The summed E-state index contributed by atoms with van der Waals surface area (Å²) in [4.78, 5) is 61.9. The van der Waals surface area contributed by atoms with Crippen LogP contribution in [-0.2, 0) is 26.2 Å². The van der Waals surface area contributed by atoms with Crippen molar-refractivity contribution in [3.05, 3.63) is 105 Å². The minimum atomic E-state index is -1.24.